The van der Waals surface area contributed by atoms with Gasteiger partial charge in [-0.25, -0.2) is 0 Å². The van der Waals surface area contributed by atoms with Gasteiger partial charge in [0.1, 0.15) is 5.75 Å². The van der Waals surface area contributed by atoms with Crippen molar-refractivity contribution < 1.29 is 4.74 Å². The summed E-state index contributed by atoms with van der Waals surface area (Å²) < 4.78 is 5.37. The highest BCUT2D eigenvalue weighted by Crippen LogP contribution is 2.25. The molecule has 0 spiro atoms. The SMILES string of the molecule is CCc1cnccc1C(N)Cc1ccccc1OC. The second kappa shape index (κ2) is 6.34. The van der Waals surface area contributed by atoms with Crippen LogP contribution in [0.3, 0.4) is 0 Å². The van der Waals surface area contributed by atoms with Gasteiger partial charge >= 0.3 is 0 Å². The van der Waals surface area contributed by atoms with Gasteiger partial charge in [0, 0.05) is 18.4 Å². The molecule has 19 heavy (non-hydrogen) atoms. The Morgan fingerprint density at radius 1 is 1.21 bits per heavy atom. The number of para-hydroxylation sites is 1. The summed E-state index contributed by atoms with van der Waals surface area (Å²) in [4.78, 5) is 4.16. The number of rotatable bonds is 5. The van der Waals surface area contributed by atoms with Crippen molar-refractivity contribution in [2.75, 3.05) is 7.11 Å². The molecule has 0 amide bonds. The van der Waals surface area contributed by atoms with Crippen LogP contribution in [0.2, 0.25) is 0 Å². The van der Waals surface area contributed by atoms with Gasteiger partial charge in [0.2, 0.25) is 0 Å². The van der Waals surface area contributed by atoms with Crippen LogP contribution in [-0.2, 0) is 12.8 Å². The fourth-order valence-corrected chi connectivity index (χ4v) is 2.31. The van der Waals surface area contributed by atoms with Gasteiger partial charge in [-0.05, 0) is 41.7 Å². The number of aryl methyl sites for hydroxylation is 1. The molecule has 1 heterocycles. The maximum atomic E-state index is 6.34. The summed E-state index contributed by atoms with van der Waals surface area (Å²) in [6.07, 6.45) is 5.41. The first kappa shape index (κ1) is 13.6. The van der Waals surface area contributed by atoms with Crippen molar-refractivity contribution in [1.82, 2.24) is 4.98 Å². The van der Waals surface area contributed by atoms with Crippen molar-refractivity contribution in [3.63, 3.8) is 0 Å². The quantitative estimate of drug-likeness (QED) is 0.894. The van der Waals surface area contributed by atoms with Crippen LogP contribution in [0.25, 0.3) is 0 Å². The Labute approximate surface area is 114 Å². The maximum absolute atomic E-state index is 6.34. The van der Waals surface area contributed by atoms with Crippen LogP contribution in [0.4, 0.5) is 0 Å². The molecule has 0 saturated heterocycles. The topological polar surface area (TPSA) is 48.1 Å². The molecule has 100 valence electrons. The van der Waals surface area contributed by atoms with Crippen molar-refractivity contribution in [2.24, 2.45) is 5.73 Å². The molecular weight excluding hydrogens is 236 g/mol. The van der Waals surface area contributed by atoms with Gasteiger partial charge in [-0.15, -0.1) is 0 Å². The Hall–Kier alpha value is -1.87. The lowest BCUT2D eigenvalue weighted by molar-refractivity contribution is 0.408. The minimum absolute atomic E-state index is 0.0331. The van der Waals surface area contributed by atoms with Crippen molar-refractivity contribution in [3.05, 3.63) is 59.4 Å². The van der Waals surface area contributed by atoms with Gasteiger partial charge in [0.25, 0.3) is 0 Å². The minimum Gasteiger partial charge on any atom is -0.496 e. The van der Waals surface area contributed by atoms with Crippen LogP contribution in [0, 0.1) is 0 Å². The first-order valence-electron chi connectivity index (χ1n) is 6.56. The van der Waals surface area contributed by atoms with E-state index in [4.69, 9.17) is 10.5 Å². The van der Waals surface area contributed by atoms with Crippen LogP contribution >= 0.6 is 0 Å². The molecule has 1 aromatic heterocycles. The zero-order valence-electron chi connectivity index (χ0n) is 11.5. The summed E-state index contributed by atoms with van der Waals surface area (Å²) in [6.45, 7) is 2.12. The molecule has 0 saturated carbocycles. The van der Waals surface area contributed by atoms with E-state index in [0.29, 0.717) is 0 Å². The molecule has 0 aliphatic carbocycles. The van der Waals surface area contributed by atoms with E-state index in [9.17, 15) is 0 Å². The molecule has 2 N–H and O–H groups in total. The zero-order valence-corrected chi connectivity index (χ0v) is 11.5. The van der Waals surface area contributed by atoms with Crippen LogP contribution in [0.15, 0.2) is 42.7 Å². The van der Waals surface area contributed by atoms with Crippen molar-refractivity contribution in [1.29, 1.82) is 0 Å². The van der Waals surface area contributed by atoms with Crippen LogP contribution in [-0.4, -0.2) is 12.1 Å². The monoisotopic (exact) mass is 256 g/mol. The molecule has 2 rings (SSSR count). The molecule has 2 aromatic rings. The van der Waals surface area contributed by atoms with E-state index in [-0.39, 0.29) is 6.04 Å². The Morgan fingerprint density at radius 3 is 2.74 bits per heavy atom. The smallest absolute Gasteiger partial charge is 0.122 e. The fourth-order valence-electron chi connectivity index (χ4n) is 2.31. The molecular formula is C16H20N2O. The molecule has 0 radical (unpaired) electrons. The predicted molar refractivity (Wildman–Crippen MR) is 77.2 cm³/mol. The summed E-state index contributed by atoms with van der Waals surface area (Å²) in [6, 6.07) is 9.99. The van der Waals surface area contributed by atoms with E-state index in [1.807, 2.05) is 30.5 Å². The first-order valence-corrected chi connectivity index (χ1v) is 6.56. The van der Waals surface area contributed by atoms with E-state index in [0.717, 1.165) is 24.2 Å². The standard InChI is InChI=1S/C16H20N2O/c1-3-12-11-18-9-8-14(12)15(17)10-13-6-4-5-7-16(13)19-2/h4-9,11,15H,3,10,17H2,1-2H3. The number of nitrogens with two attached hydrogens (primary N) is 1. The summed E-state index contributed by atoms with van der Waals surface area (Å²) in [7, 11) is 1.69. The number of methoxy groups -OCH3 is 1. The lowest BCUT2D eigenvalue weighted by atomic mass is 9.95. The molecule has 3 heteroatoms. The van der Waals surface area contributed by atoms with E-state index in [1.54, 1.807) is 13.3 Å². The number of aromatic nitrogens is 1. The Balaban J connectivity index is 2.23. The molecule has 1 atom stereocenters. The summed E-state index contributed by atoms with van der Waals surface area (Å²) in [5, 5.41) is 0. The highest BCUT2D eigenvalue weighted by atomic mass is 16.5. The largest absolute Gasteiger partial charge is 0.496 e. The fraction of sp³-hybridized carbons (Fsp3) is 0.312. The first-order chi connectivity index (χ1) is 9.26. The molecule has 1 unspecified atom stereocenters. The molecule has 0 bridgehead atoms. The second-order valence-corrected chi connectivity index (χ2v) is 4.55. The molecule has 0 aliphatic heterocycles. The van der Waals surface area contributed by atoms with Crippen molar-refractivity contribution in [2.45, 2.75) is 25.8 Å². The van der Waals surface area contributed by atoms with E-state index < -0.39 is 0 Å². The lowest BCUT2D eigenvalue weighted by Crippen LogP contribution is -2.16. The van der Waals surface area contributed by atoms with Crippen molar-refractivity contribution in [3.8, 4) is 5.75 Å². The number of ether oxygens (including phenoxy) is 1. The van der Waals surface area contributed by atoms with Crippen LogP contribution in [0.5, 0.6) is 5.75 Å². The lowest BCUT2D eigenvalue weighted by Gasteiger charge is -2.17. The maximum Gasteiger partial charge on any atom is 0.122 e. The van der Waals surface area contributed by atoms with E-state index in [2.05, 4.69) is 18.0 Å². The normalized spacial score (nSPS) is 12.2. The van der Waals surface area contributed by atoms with Gasteiger partial charge in [-0.3, -0.25) is 4.98 Å². The molecule has 1 aromatic carbocycles. The Bertz CT molecular complexity index is 540. The van der Waals surface area contributed by atoms with Crippen LogP contribution < -0.4 is 10.5 Å². The van der Waals surface area contributed by atoms with Gasteiger partial charge in [0.05, 0.1) is 7.11 Å². The molecule has 0 fully saturated rings. The minimum atomic E-state index is -0.0331. The zero-order chi connectivity index (χ0) is 13.7. The highest BCUT2D eigenvalue weighted by molar-refractivity contribution is 5.36. The number of hydrogen-bond acceptors (Lipinski definition) is 3. The summed E-state index contributed by atoms with van der Waals surface area (Å²) >= 11 is 0. The van der Waals surface area contributed by atoms with E-state index in [1.165, 1.54) is 11.1 Å². The number of benzene rings is 1. The number of hydrogen-bond donors (Lipinski definition) is 1. The molecule has 3 nitrogen and oxygen atoms in total. The summed E-state index contributed by atoms with van der Waals surface area (Å²) in [5.41, 5.74) is 9.86. The second-order valence-electron chi connectivity index (χ2n) is 4.55. The number of nitrogens with zero attached hydrogens (tertiary/aromatic N) is 1. The third kappa shape index (κ3) is 3.12. The molecule has 0 aliphatic rings. The highest BCUT2D eigenvalue weighted by Gasteiger charge is 2.13. The van der Waals surface area contributed by atoms with Gasteiger partial charge < -0.3 is 10.5 Å². The van der Waals surface area contributed by atoms with Crippen LogP contribution in [0.1, 0.15) is 29.7 Å². The van der Waals surface area contributed by atoms with Gasteiger partial charge in [-0.1, -0.05) is 25.1 Å². The third-order valence-corrected chi connectivity index (χ3v) is 3.35. The van der Waals surface area contributed by atoms with E-state index >= 15 is 0 Å². The average Bonchev–Trinajstić information content (AvgIpc) is 2.47. The van der Waals surface area contributed by atoms with Crippen molar-refractivity contribution >= 4 is 0 Å². The van der Waals surface area contributed by atoms with Gasteiger partial charge in [-0.2, -0.15) is 0 Å². The Kier molecular flexibility index (Phi) is 4.53. The van der Waals surface area contributed by atoms with Gasteiger partial charge in [0.15, 0.2) is 0 Å². The third-order valence-electron chi connectivity index (χ3n) is 3.35. The number of pyridine rings is 1. The summed E-state index contributed by atoms with van der Waals surface area (Å²) in [5.74, 6) is 0.894. The average molecular weight is 256 g/mol. The Morgan fingerprint density at radius 2 is 2.00 bits per heavy atom. The predicted octanol–water partition coefficient (Wildman–Crippen LogP) is 2.90.